The number of hydrogen-bond donors (Lipinski definition) is 0. The number of rotatable bonds is 6. The van der Waals surface area contributed by atoms with Crippen LogP contribution in [0.1, 0.15) is 39.6 Å². The van der Waals surface area contributed by atoms with Gasteiger partial charge in [0, 0.05) is 12.0 Å². The van der Waals surface area contributed by atoms with Crippen molar-refractivity contribution in [3.8, 4) is 0 Å². The van der Waals surface area contributed by atoms with Gasteiger partial charge in [-0.25, -0.2) is 4.79 Å². The SMILES string of the molecule is CCOC(=O)c1cccc(C(=O)CCc2ccccc2)c1. The minimum atomic E-state index is -0.393. The summed E-state index contributed by atoms with van der Waals surface area (Å²) in [5.41, 5.74) is 2.10. The molecule has 0 aromatic heterocycles. The number of carbonyl (C=O) groups excluding carboxylic acids is 2. The fraction of sp³-hybridized carbons (Fsp3) is 0.222. The van der Waals surface area contributed by atoms with Crippen LogP contribution < -0.4 is 0 Å². The summed E-state index contributed by atoms with van der Waals surface area (Å²) in [6.07, 6.45) is 1.12. The van der Waals surface area contributed by atoms with E-state index in [2.05, 4.69) is 0 Å². The first-order valence-electron chi connectivity index (χ1n) is 7.05. The van der Waals surface area contributed by atoms with Crippen LogP contribution in [0.5, 0.6) is 0 Å². The second-order valence-corrected chi connectivity index (χ2v) is 4.71. The third-order valence-corrected chi connectivity index (χ3v) is 3.18. The number of ketones is 1. The van der Waals surface area contributed by atoms with Crippen molar-refractivity contribution in [2.24, 2.45) is 0 Å². The zero-order valence-electron chi connectivity index (χ0n) is 12.0. The van der Waals surface area contributed by atoms with E-state index in [0.29, 0.717) is 30.6 Å². The Bertz CT molecular complexity index is 617. The zero-order valence-corrected chi connectivity index (χ0v) is 12.0. The average molecular weight is 282 g/mol. The van der Waals surface area contributed by atoms with Crippen LogP contribution >= 0.6 is 0 Å². The van der Waals surface area contributed by atoms with Crippen LogP contribution in [-0.4, -0.2) is 18.4 Å². The normalized spacial score (nSPS) is 10.1. The molecule has 0 aliphatic rings. The summed E-state index contributed by atoms with van der Waals surface area (Å²) in [5.74, 6) is -0.361. The van der Waals surface area contributed by atoms with E-state index in [1.165, 1.54) is 0 Å². The van der Waals surface area contributed by atoms with Gasteiger partial charge in [0.25, 0.3) is 0 Å². The number of Topliss-reactive ketones (excluding diaryl/α,β-unsaturated/α-hetero) is 1. The van der Waals surface area contributed by atoms with Crippen LogP contribution in [0.15, 0.2) is 54.6 Å². The van der Waals surface area contributed by atoms with Crippen molar-refractivity contribution in [2.75, 3.05) is 6.61 Å². The molecule has 0 atom stereocenters. The van der Waals surface area contributed by atoms with E-state index in [-0.39, 0.29) is 5.78 Å². The van der Waals surface area contributed by atoms with Gasteiger partial charge in [-0.1, -0.05) is 42.5 Å². The molecular formula is C18H18O3. The topological polar surface area (TPSA) is 43.4 Å². The summed E-state index contributed by atoms with van der Waals surface area (Å²) < 4.78 is 4.94. The van der Waals surface area contributed by atoms with Crippen LogP contribution in [0.25, 0.3) is 0 Å². The first-order chi connectivity index (χ1) is 10.2. The molecule has 3 nitrogen and oxygen atoms in total. The molecule has 0 saturated carbocycles. The lowest BCUT2D eigenvalue weighted by Crippen LogP contribution is -2.07. The average Bonchev–Trinajstić information content (AvgIpc) is 2.54. The van der Waals surface area contributed by atoms with Gasteiger partial charge in [0.2, 0.25) is 0 Å². The van der Waals surface area contributed by atoms with Crippen LogP contribution in [0.4, 0.5) is 0 Å². The van der Waals surface area contributed by atoms with Gasteiger partial charge in [-0.2, -0.15) is 0 Å². The van der Waals surface area contributed by atoms with Gasteiger partial charge in [-0.3, -0.25) is 4.79 Å². The molecule has 2 aromatic carbocycles. The third-order valence-electron chi connectivity index (χ3n) is 3.18. The maximum Gasteiger partial charge on any atom is 0.338 e. The van der Waals surface area contributed by atoms with Crippen molar-refractivity contribution in [2.45, 2.75) is 19.8 Å². The van der Waals surface area contributed by atoms with Gasteiger partial charge in [0.1, 0.15) is 0 Å². The Morgan fingerprint density at radius 1 is 0.952 bits per heavy atom. The maximum absolute atomic E-state index is 12.2. The summed E-state index contributed by atoms with van der Waals surface area (Å²) in [5, 5.41) is 0. The standard InChI is InChI=1S/C18H18O3/c1-2-21-18(20)16-10-6-9-15(13-16)17(19)12-11-14-7-4-3-5-8-14/h3-10,13H,2,11-12H2,1H3. The van der Waals surface area contributed by atoms with Gasteiger partial charge in [-0.15, -0.1) is 0 Å². The number of carbonyl (C=O) groups is 2. The fourth-order valence-electron chi connectivity index (χ4n) is 2.08. The summed E-state index contributed by atoms with van der Waals surface area (Å²) in [6.45, 7) is 2.08. The van der Waals surface area contributed by atoms with E-state index in [1.807, 2.05) is 30.3 Å². The Kier molecular flexibility index (Phi) is 5.27. The molecule has 2 aromatic rings. The molecule has 0 saturated heterocycles. The lowest BCUT2D eigenvalue weighted by Gasteiger charge is -2.05. The minimum absolute atomic E-state index is 0.0324. The summed E-state index contributed by atoms with van der Waals surface area (Å²) in [4.78, 5) is 23.9. The van der Waals surface area contributed by atoms with E-state index >= 15 is 0 Å². The molecule has 0 radical (unpaired) electrons. The summed E-state index contributed by atoms with van der Waals surface area (Å²) in [7, 11) is 0. The van der Waals surface area contributed by atoms with Crippen molar-refractivity contribution >= 4 is 11.8 Å². The van der Waals surface area contributed by atoms with Crippen molar-refractivity contribution in [3.63, 3.8) is 0 Å². The second kappa shape index (κ2) is 7.39. The molecule has 0 N–H and O–H groups in total. The van der Waals surface area contributed by atoms with Crippen molar-refractivity contribution < 1.29 is 14.3 Å². The minimum Gasteiger partial charge on any atom is -0.462 e. The predicted octanol–water partition coefficient (Wildman–Crippen LogP) is 3.68. The van der Waals surface area contributed by atoms with E-state index in [9.17, 15) is 9.59 Å². The maximum atomic E-state index is 12.2. The molecule has 0 unspecified atom stereocenters. The zero-order chi connectivity index (χ0) is 15.1. The van der Waals surface area contributed by atoms with Crippen LogP contribution in [-0.2, 0) is 11.2 Å². The first kappa shape index (κ1) is 15.0. The molecule has 2 rings (SSSR count). The third kappa shape index (κ3) is 4.28. The number of esters is 1. The van der Waals surface area contributed by atoms with E-state index in [4.69, 9.17) is 4.74 Å². The van der Waals surface area contributed by atoms with E-state index in [0.717, 1.165) is 5.56 Å². The molecule has 3 heteroatoms. The van der Waals surface area contributed by atoms with Gasteiger partial charge in [-0.05, 0) is 31.0 Å². The molecular weight excluding hydrogens is 264 g/mol. The van der Waals surface area contributed by atoms with Gasteiger partial charge >= 0.3 is 5.97 Å². The highest BCUT2D eigenvalue weighted by Crippen LogP contribution is 2.11. The number of ether oxygens (including phenoxy) is 1. The summed E-state index contributed by atoms with van der Waals surface area (Å²) in [6, 6.07) is 16.6. The Hall–Kier alpha value is -2.42. The summed E-state index contributed by atoms with van der Waals surface area (Å²) >= 11 is 0. The Morgan fingerprint density at radius 3 is 2.38 bits per heavy atom. The second-order valence-electron chi connectivity index (χ2n) is 4.71. The van der Waals surface area contributed by atoms with Crippen LogP contribution in [0.2, 0.25) is 0 Å². The van der Waals surface area contributed by atoms with Gasteiger partial charge in [0.15, 0.2) is 5.78 Å². The predicted molar refractivity (Wildman–Crippen MR) is 81.5 cm³/mol. The highest BCUT2D eigenvalue weighted by molar-refractivity contribution is 5.99. The van der Waals surface area contributed by atoms with Gasteiger partial charge in [0.05, 0.1) is 12.2 Å². The highest BCUT2D eigenvalue weighted by atomic mass is 16.5. The van der Waals surface area contributed by atoms with E-state index < -0.39 is 5.97 Å². The highest BCUT2D eigenvalue weighted by Gasteiger charge is 2.11. The molecule has 0 bridgehead atoms. The van der Waals surface area contributed by atoms with Crippen LogP contribution in [0, 0.1) is 0 Å². The number of benzene rings is 2. The lowest BCUT2D eigenvalue weighted by atomic mass is 10.0. The molecule has 0 aliphatic heterocycles. The first-order valence-corrected chi connectivity index (χ1v) is 7.05. The fourth-order valence-corrected chi connectivity index (χ4v) is 2.08. The van der Waals surface area contributed by atoms with E-state index in [1.54, 1.807) is 31.2 Å². The largest absolute Gasteiger partial charge is 0.462 e. The molecule has 0 fully saturated rings. The van der Waals surface area contributed by atoms with Crippen molar-refractivity contribution in [3.05, 3.63) is 71.3 Å². The Balaban J connectivity index is 2.02. The molecule has 21 heavy (non-hydrogen) atoms. The molecule has 108 valence electrons. The van der Waals surface area contributed by atoms with Crippen molar-refractivity contribution in [1.29, 1.82) is 0 Å². The van der Waals surface area contributed by atoms with Crippen LogP contribution in [0.3, 0.4) is 0 Å². The quantitative estimate of drug-likeness (QED) is 0.599. The smallest absolute Gasteiger partial charge is 0.338 e. The lowest BCUT2D eigenvalue weighted by molar-refractivity contribution is 0.0526. The van der Waals surface area contributed by atoms with Gasteiger partial charge < -0.3 is 4.74 Å². The number of hydrogen-bond acceptors (Lipinski definition) is 3. The monoisotopic (exact) mass is 282 g/mol. The molecule has 0 aliphatic carbocycles. The Morgan fingerprint density at radius 2 is 1.67 bits per heavy atom. The molecule has 0 heterocycles. The molecule has 0 spiro atoms. The Labute approximate surface area is 124 Å². The number of aryl methyl sites for hydroxylation is 1. The van der Waals surface area contributed by atoms with Crippen molar-refractivity contribution in [1.82, 2.24) is 0 Å². The molecule has 0 amide bonds.